The molecule has 10 aromatic carbocycles. The molecule has 0 N–H and O–H groups in total. The summed E-state index contributed by atoms with van der Waals surface area (Å²) in [7, 11) is 0. The first kappa shape index (κ1) is 35.0. The molecule has 3 aromatic heterocycles. The first-order valence-corrected chi connectivity index (χ1v) is 30.4. The number of rotatable bonds is 7. The van der Waals surface area contributed by atoms with Crippen molar-refractivity contribution in [1.29, 1.82) is 0 Å². The van der Waals surface area contributed by atoms with E-state index in [0.717, 1.165) is 34.0 Å². The third-order valence-corrected chi connectivity index (χ3v) is 17.5. The first-order valence-electron chi connectivity index (χ1n) is 46.9. The van der Waals surface area contributed by atoms with E-state index in [2.05, 4.69) is 39.2 Å². The van der Waals surface area contributed by atoms with Crippen LogP contribution in [0.5, 0.6) is 11.5 Å². The monoisotopic (exact) mass is 1440 g/mol. The Labute approximate surface area is 616 Å². The summed E-state index contributed by atoms with van der Waals surface area (Å²) in [6, 6.07) is 28.0. The minimum Gasteiger partial charge on any atom is -0.510 e. The van der Waals surface area contributed by atoms with E-state index in [0.29, 0.717) is 22.5 Å². The fraction of sp³-hybridized carbons (Fsp3) is 0.250. The Morgan fingerprint density at radius 2 is 1.15 bits per heavy atom. The molecule has 6 heteroatoms. The Kier molecular flexibility index (Phi) is 8.44. The summed E-state index contributed by atoms with van der Waals surface area (Å²) >= 11 is 0. The van der Waals surface area contributed by atoms with Crippen molar-refractivity contribution < 1.29 is 75.6 Å². The molecule has 1 aliphatic heterocycles. The van der Waals surface area contributed by atoms with Gasteiger partial charge in [-0.1, -0.05) is 222 Å². The maximum Gasteiger partial charge on any atom is 0.268 e. The summed E-state index contributed by atoms with van der Waals surface area (Å²) in [5.41, 5.74) is -18.4. The zero-order valence-electron chi connectivity index (χ0n) is 85.7. The van der Waals surface area contributed by atoms with E-state index in [1.54, 1.807) is 24.4 Å². The predicted molar refractivity (Wildman–Crippen MR) is 387 cm³/mol. The molecule has 4 heterocycles. The van der Waals surface area contributed by atoms with Gasteiger partial charge in [0, 0.05) is 74.4 Å². The minimum atomic E-state index is -4.78. The Balaban J connectivity index is 0.0000131. The minimum absolute atomic E-state index is 0. The van der Waals surface area contributed by atoms with Gasteiger partial charge in [0.05, 0.1) is 31.8 Å². The molecule has 0 spiro atoms. The molecule has 2 aliphatic rings. The van der Waals surface area contributed by atoms with Gasteiger partial charge in [-0.25, -0.2) is 4.98 Å². The van der Waals surface area contributed by atoms with Crippen molar-refractivity contribution in [3.8, 4) is 95.5 Å². The van der Waals surface area contributed by atoms with Gasteiger partial charge >= 0.3 is 0 Å². The van der Waals surface area contributed by atoms with Gasteiger partial charge < -0.3 is 13.9 Å². The molecule has 0 fully saturated rings. The second-order valence-electron chi connectivity index (χ2n) is 27.0. The largest absolute Gasteiger partial charge is 0.510 e. The third-order valence-electron chi connectivity index (χ3n) is 17.5. The van der Waals surface area contributed by atoms with Crippen LogP contribution < -0.4 is 9.30 Å². The number of benzene rings is 10. The maximum absolute atomic E-state index is 10.6. The van der Waals surface area contributed by atoms with Gasteiger partial charge in [-0.3, -0.25) is 4.57 Å². The normalized spacial score (nSPS) is 21.1. The molecule has 1 aliphatic carbocycles. The van der Waals surface area contributed by atoms with Crippen LogP contribution in [-0.4, -0.2) is 14.1 Å². The molecule has 5 nitrogen and oxygen atoms in total. The molecule has 13 aromatic rings. The van der Waals surface area contributed by atoms with E-state index in [-0.39, 0.29) is 88.2 Å². The van der Waals surface area contributed by atoms with Crippen LogP contribution >= 0.6 is 0 Å². The number of fused-ring (bicyclic) bond motifs is 11. The summed E-state index contributed by atoms with van der Waals surface area (Å²) in [5.74, 6) is 0.598. The van der Waals surface area contributed by atoms with Crippen LogP contribution in [0.15, 0.2) is 200 Å². The number of ether oxygens (including phenoxy) is 1. The second-order valence-corrected chi connectivity index (χ2v) is 27.0. The number of pyridine rings is 1. The van der Waals surface area contributed by atoms with Crippen molar-refractivity contribution in [3.05, 3.63) is 257 Å². The predicted octanol–water partition coefficient (Wildman–Crippen LogP) is 22.8. The Morgan fingerprint density at radius 1 is 0.532 bits per heavy atom. The molecule has 15 rings (SSSR count). The smallest absolute Gasteiger partial charge is 0.268 e. The summed E-state index contributed by atoms with van der Waals surface area (Å²) in [5, 5.41) is 1.60. The average molecular weight is 1440 g/mol. The molecule has 0 saturated heterocycles. The number of imidazole rings is 1. The van der Waals surface area contributed by atoms with Gasteiger partial charge in [-0.2, -0.15) is 18.2 Å². The SMILES string of the molecule is [2H]c1c([2H])c([2H])c2c(c1[2H])-c1cc(-c3c(C([2H])([2H])[2H])cccc3C([2H])([2H])[2H])cc(-c3cc(C(C)(C)C)cc(C(C)(C)C)c3)c1-[n+]1[c-]n(-c3[c-]c(Oc4[c-]c5c(cc4)c4ccccc4n5-c4cc(C(C)(C)C)ccn4)ccc3)c3cc(-c4c([2H])c([2H])c5c(c4[2H])C(C([2H])([2H])[2H])(C([2H])([2H])[2H])C([2H])([2H])C([2H])([2H])C5(C([2H])([2H])[2H])C([2H])([2H])[2H])cc(c31)-c1c([2H])c([2H])c([2H])c([2H])c1-2.[Pt]. The zero-order chi connectivity index (χ0) is 93.0. The molecule has 94 heavy (non-hydrogen) atoms. The molecule has 0 amide bonds. The van der Waals surface area contributed by atoms with Crippen molar-refractivity contribution in [1.82, 2.24) is 14.1 Å². The third kappa shape index (κ3) is 10.7. The van der Waals surface area contributed by atoms with Crippen LogP contribution in [0.4, 0.5) is 0 Å². The zero-order valence-corrected chi connectivity index (χ0v) is 55.0. The number of aromatic nitrogens is 4. The van der Waals surface area contributed by atoms with Gasteiger partial charge in [-0.15, -0.1) is 29.7 Å². The van der Waals surface area contributed by atoms with Crippen LogP contribution in [0.2, 0.25) is 0 Å². The standard InChI is InChI=1S/C88H82N4O.Pt/c1-54-24-22-25-55(2)81(54)59-45-72(58-42-61(85(6,7)8)49-62(43-58)86(9,10)11)82-73(46-59)68-30-18-16-28-66(68)67-29-17-19-31-69(67)74-44-57(56-34-37-75-76(47-56)88(14,15)40-39-87(75,12)13)48-79-83(74)91(82)53-90(79)63-26-23-27-64(51-63)93-65-35-36-71-70-32-20-21-33-77(70)92(78(71)52-65)80-50-60(38-41-89-80)84(3,4)5;/h16-38,41-50H,39-40H2,1-15H3;/q-2;/i1D3,2D3,12D3,13D3,14D3,15D3,16D,17D,18D,19D,28D,29D,30D,31D,34D,37D,39D2,40D2,47D;. The van der Waals surface area contributed by atoms with E-state index in [1.165, 1.54) is 57.7 Å². The van der Waals surface area contributed by atoms with Crippen LogP contribution in [0, 0.1) is 32.2 Å². The molecular formula is C88H82N4OPt-2. The molecular weight excluding hydrogens is 1320 g/mol. The molecule has 0 unspecified atom stereocenters. The van der Waals surface area contributed by atoms with Gasteiger partial charge in [0.1, 0.15) is 5.82 Å². The Hall–Kier alpha value is -8.89. The number of hydrogen-bond donors (Lipinski definition) is 0. The van der Waals surface area contributed by atoms with E-state index >= 15 is 0 Å². The van der Waals surface area contributed by atoms with E-state index < -0.39 is 203 Å². The van der Waals surface area contributed by atoms with Crippen molar-refractivity contribution in [3.63, 3.8) is 0 Å². The Bertz CT molecular complexity index is 6720. The van der Waals surface area contributed by atoms with Crippen molar-refractivity contribution in [2.75, 3.05) is 0 Å². The van der Waals surface area contributed by atoms with Crippen LogP contribution in [-0.2, 0) is 48.1 Å². The van der Waals surface area contributed by atoms with Gasteiger partial charge in [0.2, 0.25) is 0 Å². The summed E-state index contributed by atoms with van der Waals surface area (Å²) in [6.07, 6.45) is -4.36. The van der Waals surface area contributed by atoms with Gasteiger partial charge in [0.25, 0.3) is 6.33 Å². The van der Waals surface area contributed by atoms with Gasteiger partial charge in [0.15, 0.2) is 0 Å². The summed E-state index contributed by atoms with van der Waals surface area (Å²) in [4.78, 5) is 4.83. The van der Waals surface area contributed by atoms with Crippen LogP contribution in [0.25, 0.3) is 117 Å². The number of nitrogens with zero attached hydrogens (tertiary/aromatic N) is 4. The summed E-state index contributed by atoms with van der Waals surface area (Å²) < 4.78 is 326. The number of para-hydroxylation sites is 1. The van der Waals surface area contributed by atoms with Crippen LogP contribution in [0.3, 0.4) is 0 Å². The van der Waals surface area contributed by atoms with Crippen molar-refractivity contribution in [2.45, 2.75) is 143 Å². The molecule has 0 bridgehead atoms. The molecule has 0 radical (unpaired) electrons. The second kappa shape index (κ2) is 22.7. The van der Waals surface area contributed by atoms with Gasteiger partial charge in [-0.05, 0) is 207 Å². The average Bonchev–Trinajstić information content (AvgIpc) is 0.930. The topological polar surface area (TPSA) is 35.9 Å². The quantitative estimate of drug-likeness (QED) is 0.118. The molecule has 0 saturated carbocycles. The fourth-order valence-electron chi connectivity index (χ4n) is 12.6. The van der Waals surface area contributed by atoms with E-state index in [1.807, 2.05) is 94.6 Å². The maximum atomic E-state index is 10.6. The van der Waals surface area contributed by atoms with Crippen molar-refractivity contribution >= 4 is 32.8 Å². The fourth-order valence-corrected chi connectivity index (χ4v) is 12.6. The van der Waals surface area contributed by atoms with Crippen molar-refractivity contribution in [2.24, 2.45) is 0 Å². The Morgan fingerprint density at radius 3 is 1.82 bits per heavy atom. The molecule has 472 valence electrons. The summed E-state index contributed by atoms with van der Waals surface area (Å²) in [6.45, 7) is -6.34. The molecule has 0 atom stereocenters. The van der Waals surface area contributed by atoms with E-state index in [4.69, 9.17) is 26.2 Å². The van der Waals surface area contributed by atoms with Crippen LogP contribution in [0.1, 0.15) is 187 Å². The van der Waals surface area contributed by atoms with E-state index in [9.17, 15) is 28.8 Å². The number of aryl methyl sites for hydroxylation is 2. The first-order chi connectivity index (χ1) is 57.8. The number of hydrogen-bond acceptors (Lipinski definition) is 2.